The van der Waals surface area contributed by atoms with Crippen molar-refractivity contribution >= 4 is 5.91 Å². The van der Waals surface area contributed by atoms with Gasteiger partial charge in [-0.1, -0.05) is 19.9 Å². The Hall–Kier alpha value is -1.49. The van der Waals surface area contributed by atoms with Gasteiger partial charge in [-0.25, -0.2) is 8.78 Å². The Balaban J connectivity index is 2.55. The lowest BCUT2D eigenvalue weighted by Crippen LogP contribution is -2.32. The summed E-state index contributed by atoms with van der Waals surface area (Å²) in [5.41, 5.74) is -0.104. The van der Waals surface area contributed by atoms with E-state index in [1.54, 1.807) is 6.92 Å². The maximum atomic E-state index is 13.5. The number of benzene rings is 1. The minimum absolute atomic E-state index is 0.104. The maximum absolute atomic E-state index is 13.5. The van der Waals surface area contributed by atoms with Gasteiger partial charge in [-0.15, -0.1) is 0 Å². The van der Waals surface area contributed by atoms with Crippen molar-refractivity contribution in [3.05, 3.63) is 35.4 Å². The quantitative estimate of drug-likeness (QED) is 0.834. The van der Waals surface area contributed by atoms with E-state index in [0.717, 1.165) is 0 Å². The Morgan fingerprint density at radius 1 is 1.21 bits per heavy atom. The lowest BCUT2D eigenvalue weighted by molar-refractivity contribution is -0.121. The van der Waals surface area contributed by atoms with Gasteiger partial charge in [-0.2, -0.15) is 0 Å². The van der Waals surface area contributed by atoms with Crippen molar-refractivity contribution < 1.29 is 13.6 Å². The average molecular weight is 270 g/mol. The summed E-state index contributed by atoms with van der Waals surface area (Å²) in [7, 11) is 0. The van der Waals surface area contributed by atoms with Gasteiger partial charge in [-0.05, 0) is 19.1 Å². The molecule has 3 nitrogen and oxygen atoms in total. The molecule has 19 heavy (non-hydrogen) atoms. The van der Waals surface area contributed by atoms with E-state index in [-0.39, 0.29) is 17.9 Å². The summed E-state index contributed by atoms with van der Waals surface area (Å²) in [6.07, 6.45) is 0.276. The van der Waals surface area contributed by atoms with Crippen molar-refractivity contribution in [2.24, 2.45) is 0 Å². The highest BCUT2D eigenvalue weighted by Crippen LogP contribution is 2.20. The summed E-state index contributed by atoms with van der Waals surface area (Å²) in [6, 6.07) is 3.28. The minimum atomic E-state index is -0.687. The molecule has 106 valence electrons. The van der Waals surface area contributed by atoms with Crippen LogP contribution in [0.25, 0.3) is 0 Å². The second-order valence-corrected chi connectivity index (χ2v) is 4.78. The summed E-state index contributed by atoms with van der Waals surface area (Å²) in [6.45, 7) is 6.07. The third-order valence-electron chi connectivity index (χ3n) is 2.71. The highest BCUT2D eigenvalue weighted by molar-refractivity contribution is 5.76. The zero-order valence-corrected chi connectivity index (χ0v) is 11.5. The molecule has 0 heterocycles. The van der Waals surface area contributed by atoms with Crippen LogP contribution in [0, 0.1) is 11.6 Å². The van der Waals surface area contributed by atoms with Crippen LogP contribution in [0.3, 0.4) is 0 Å². The van der Waals surface area contributed by atoms with E-state index in [1.165, 1.54) is 18.2 Å². The summed E-state index contributed by atoms with van der Waals surface area (Å²) >= 11 is 0. The van der Waals surface area contributed by atoms with Crippen LogP contribution in [-0.4, -0.2) is 18.5 Å². The van der Waals surface area contributed by atoms with E-state index in [2.05, 4.69) is 10.6 Å². The zero-order chi connectivity index (χ0) is 14.4. The Morgan fingerprint density at radius 3 is 2.32 bits per heavy atom. The number of nitrogens with one attached hydrogen (secondary N) is 2. The number of hydrogen-bond acceptors (Lipinski definition) is 2. The van der Waals surface area contributed by atoms with Gasteiger partial charge in [0.05, 0.1) is 6.04 Å². The number of carbonyl (C=O) groups excluding carboxylic acids is 1. The largest absolute Gasteiger partial charge is 0.349 e. The molecule has 0 aliphatic heterocycles. The molecule has 0 aliphatic rings. The third kappa shape index (κ3) is 4.95. The molecule has 1 aromatic carbocycles. The van der Waals surface area contributed by atoms with E-state index in [4.69, 9.17) is 0 Å². The number of hydrogen-bond donors (Lipinski definition) is 2. The number of carbonyl (C=O) groups is 1. The fourth-order valence-corrected chi connectivity index (χ4v) is 1.78. The van der Waals surface area contributed by atoms with Gasteiger partial charge >= 0.3 is 0 Å². The molecule has 0 saturated heterocycles. The predicted molar refractivity (Wildman–Crippen MR) is 70.7 cm³/mol. The monoisotopic (exact) mass is 270 g/mol. The summed E-state index contributed by atoms with van der Waals surface area (Å²) in [4.78, 5) is 11.6. The normalized spacial score (nSPS) is 12.5. The van der Waals surface area contributed by atoms with Crippen molar-refractivity contribution in [2.45, 2.75) is 39.3 Å². The van der Waals surface area contributed by atoms with Crippen molar-refractivity contribution in [3.8, 4) is 0 Å². The topological polar surface area (TPSA) is 41.1 Å². The van der Waals surface area contributed by atoms with Gasteiger partial charge in [0.25, 0.3) is 0 Å². The molecule has 1 unspecified atom stereocenters. The maximum Gasteiger partial charge on any atom is 0.221 e. The van der Waals surface area contributed by atoms with Crippen LogP contribution in [0.2, 0.25) is 0 Å². The summed E-state index contributed by atoms with van der Waals surface area (Å²) < 4.78 is 27.0. The first-order valence-electron chi connectivity index (χ1n) is 6.38. The second kappa shape index (κ2) is 7.19. The molecular formula is C14H20F2N2O. The molecule has 0 radical (unpaired) electrons. The van der Waals surface area contributed by atoms with Crippen molar-refractivity contribution in [3.63, 3.8) is 0 Å². The standard InChI is InChI=1S/C14H20F2N2O/c1-9(2)17-8-7-13(19)18-10(3)14-11(15)5-4-6-12(14)16/h4-6,9-10,17H,7-8H2,1-3H3,(H,18,19). The summed E-state index contributed by atoms with van der Waals surface area (Å²) in [5.74, 6) is -1.52. The molecule has 0 aliphatic carbocycles. The van der Waals surface area contributed by atoms with Gasteiger partial charge in [0, 0.05) is 24.6 Å². The fourth-order valence-electron chi connectivity index (χ4n) is 1.78. The van der Waals surface area contributed by atoms with Crippen LogP contribution in [0.1, 0.15) is 38.8 Å². The van der Waals surface area contributed by atoms with Crippen LogP contribution in [0.15, 0.2) is 18.2 Å². The molecule has 1 amide bonds. The Morgan fingerprint density at radius 2 is 1.79 bits per heavy atom. The lowest BCUT2D eigenvalue weighted by Gasteiger charge is -2.16. The Bertz CT molecular complexity index is 415. The highest BCUT2D eigenvalue weighted by Gasteiger charge is 2.17. The van der Waals surface area contributed by atoms with E-state index >= 15 is 0 Å². The third-order valence-corrected chi connectivity index (χ3v) is 2.71. The molecule has 0 aromatic heterocycles. The zero-order valence-electron chi connectivity index (χ0n) is 11.5. The van der Waals surface area contributed by atoms with E-state index < -0.39 is 17.7 Å². The number of rotatable bonds is 6. The molecule has 0 bridgehead atoms. The van der Waals surface area contributed by atoms with Crippen LogP contribution >= 0.6 is 0 Å². The average Bonchev–Trinajstić information content (AvgIpc) is 2.27. The first-order valence-corrected chi connectivity index (χ1v) is 6.38. The van der Waals surface area contributed by atoms with Gasteiger partial charge < -0.3 is 10.6 Å². The number of halogens is 2. The molecule has 0 spiro atoms. The van der Waals surface area contributed by atoms with Crippen LogP contribution in [0.4, 0.5) is 8.78 Å². The number of amides is 1. The molecule has 1 aromatic rings. The Labute approximate surface area is 112 Å². The molecule has 0 fully saturated rings. The minimum Gasteiger partial charge on any atom is -0.349 e. The fraction of sp³-hybridized carbons (Fsp3) is 0.500. The van der Waals surface area contributed by atoms with Crippen LogP contribution < -0.4 is 10.6 Å². The lowest BCUT2D eigenvalue weighted by atomic mass is 10.1. The molecule has 5 heteroatoms. The molecule has 0 saturated carbocycles. The van der Waals surface area contributed by atoms with Gasteiger partial charge in [-0.3, -0.25) is 4.79 Å². The van der Waals surface area contributed by atoms with E-state index in [0.29, 0.717) is 12.6 Å². The predicted octanol–water partition coefficient (Wildman–Crippen LogP) is 2.53. The highest BCUT2D eigenvalue weighted by atomic mass is 19.1. The van der Waals surface area contributed by atoms with E-state index in [1.807, 2.05) is 13.8 Å². The molecular weight excluding hydrogens is 250 g/mol. The molecule has 1 atom stereocenters. The molecule has 1 rings (SSSR count). The van der Waals surface area contributed by atoms with Crippen LogP contribution in [-0.2, 0) is 4.79 Å². The van der Waals surface area contributed by atoms with Gasteiger partial charge in [0.1, 0.15) is 11.6 Å². The van der Waals surface area contributed by atoms with Crippen molar-refractivity contribution in [1.29, 1.82) is 0 Å². The van der Waals surface area contributed by atoms with Crippen molar-refractivity contribution in [2.75, 3.05) is 6.54 Å². The Kier molecular flexibility index (Phi) is 5.89. The summed E-state index contributed by atoms with van der Waals surface area (Å²) in [5, 5.41) is 5.70. The first kappa shape index (κ1) is 15.6. The van der Waals surface area contributed by atoms with E-state index in [9.17, 15) is 13.6 Å². The van der Waals surface area contributed by atoms with Crippen molar-refractivity contribution in [1.82, 2.24) is 10.6 Å². The van der Waals surface area contributed by atoms with Gasteiger partial charge in [0.2, 0.25) is 5.91 Å². The first-order chi connectivity index (χ1) is 8.91. The molecule has 2 N–H and O–H groups in total. The second-order valence-electron chi connectivity index (χ2n) is 4.78. The SMILES string of the molecule is CC(C)NCCC(=O)NC(C)c1c(F)cccc1F. The van der Waals surface area contributed by atoms with Crippen LogP contribution in [0.5, 0.6) is 0 Å². The smallest absolute Gasteiger partial charge is 0.221 e. The van der Waals surface area contributed by atoms with Gasteiger partial charge in [0.15, 0.2) is 0 Å².